The Morgan fingerprint density at radius 2 is 1.43 bits per heavy atom. The first-order valence-electron chi connectivity index (χ1n) is 7.98. The lowest BCUT2D eigenvalue weighted by Crippen LogP contribution is -2.21. The summed E-state index contributed by atoms with van der Waals surface area (Å²) in [5, 5.41) is 7.63. The number of hydrogen-bond acceptors (Lipinski definition) is 3. The quantitative estimate of drug-likeness (QED) is 0.579. The fourth-order valence-corrected chi connectivity index (χ4v) is 2.47. The lowest BCUT2D eigenvalue weighted by Gasteiger charge is -2.13. The summed E-state index contributed by atoms with van der Waals surface area (Å²) >= 11 is 0. The fourth-order valence-electron chi connectivity index (χ4n) is 2.47. The summed E-state index contributed by atoms with van der Waals surface area (Å²) in [4.78, 5) is 24.8. The number of nitrogens with zero attached hydrogens (tertiary/aromatic N) is 1. The number of hydrogen-bond donors (Lipinski definition) is 2. The first kappa shape index (κ1) is 22.7. The maximum absolute atomic E-state index is 13.2. The zero-order chi connectivity index (χ0) is 22.7. The number of aliphatic carboxylic acids is 1. The number of carbonyl (C=O) groups is 2. The van der Waals surface area contributed by atoms with Gasteiger partial charge in [-0.25, -0.2) is 9.78 Å². The number of carboxylic acids is 1. The molecular formula is C19H12F6N2O3. The molecule has 3 aromatic rings. The van der Waals surface area contributed by atoms with E-state index in [4.69, 9.17) is 15.6 Å². The highest BCUT2D eigenvalue weighted by Crippen LogP contribution is 2.37. The second kappa shape index (κ2) is 8.39. The second-order valence-electron chi connectivity index (χ2n) is 5.78. The number of benzene rings is 2. The van der Waals surface area contributed by atoms with E-state index in [0.717, 1.165) is 6.07 Å². The van der Waals surface area contributed by atoms with Crippen LogP contribution in [-0.4, -0.2) is 28.1 Å². The van der Waals surface area contributed by atoms with Gasteiger partial charge < -0.3 is 10.8 Å². The van der Waals surface area contributed by atoms with E-state index < -0.39 is 29.8 Å². The van der Waals surface area contributed by atoms with Gasteiger partial charge in [-0.3, -0.25) is 4.79 Å². The third kappa shape index (κ3) is 5.25. The zero-order valence-corrected chi connectivity index (χ0v) is 14.8. The number of halogens is 6. The maximum Gasteiger partial charge on any atom is 0.490 e. The molecule has 11 heteroatoms. The number of para-hydroxylation sites is 1. The van der Waals surface area contributed by atoms with Crippen LogP contribution < -0.4 is 5.73 Å². The molecule has 1 amide bonds. The monoisotopic (exact) mass is 430 g/mol. The van der Waals surface area contributed by atoms with Gasteiger partial charge in [0.2, 0.25) is 5.91 Å². The minimum Gasteiger partial charge on any atom is -0.475 e. The van der Waals surface area contributed by atoms with Crippen LogP contribution in [0.4, 0.5) is 26.3 Å². The molecule has 30 heavy (non-hydrogen) atoms. The highest BCUT2D eigenvalue weighted by Gasteiger charge is 2.38. The SMILES string of the molecule is NC(=O)c1cc(-c2ccccc2C(F)(F)F)nc2ccccc12.O=C(O)C(F)(F)F. The molecule has 0 saturated heterocycles. The molecule has 0 saturated carbocycles. The fraction of sp³-hybridized carbons (Fsp3) is 0.105. The molecule has 0 atom stereocenters. The van der Waals surface area contributed by atoms with E-state index in [9.17, 15) is 31.1 Å². The standard InChI is InChI=1S/C17H11F3N2O.C2HF3O2/c18-17(19,20)13-7-3-1-6-11(13)15-9-12(16(21)23)10-5-2-4-8-14(10)22-15;3-2(4,5)1(6)7/h1-9H,(H2,21,23);(H,6,7). The van der Waals surface area contributed by atoms with Crippen LogP contribution in [0.25, 0.3) is 22.2 Å². The average Bonchev–Trinajstić information content (AvgIpc) is 2.66. The van der Waals surface area contributed by atoms with Crippen molar-refractivity contribution in [3.05, 3.63) is 65.7 Å². The number of amides is 1. The molecule has 0 aliphatic rings. The van der Waals surface area contributed by atoms with Gasteiger partial charge in [0.15, 0.2) is 0 Å². The maximum atomic E-state index is 13.2. The van der Waals surface area contributed by atoms with Crippen LogP contribution in [-0.2, 0) is 11.0 Å². The number of nitrogens with two attached hydrogens (primary N) is 1. The molecule has 0 radical (unpaired) electrons. The molecule has 0 unspecified atom stereocenters. The Morgan fingerprint density at radius 1 is 0.900 bits per heavy atom. The summed E-state index contributed by atoms with van der Waals surface area (Å²) in [6.45, 7) is 0. The second-order valence-corrected chi connectivity index (χ2v) is 5.78. The van der Waals surface area contributed by atoms with Crippen LogP contribution >= 0.6 is 0 Å². The van der Waals surface area contributed by atoms with Crippen LogP contribution in [0.1, 0.15) is 15.9 Å². The van der Waals surface area contributed by atoms with Crippen molar-refractivity contribution in [2.24, 2.45) is 5.73 Å². The van der Waals surface area contributed by atoms with Gasteiger partial charge in [0.1, 0.15) is 0 Å². The number of carboxylic acid groups (broad SMARTS) is 1. The first-order chi connectivity index (χ1) is 13.8. The minimum atomic E-state index is -5.08. The molecule has 1 aromatic heterocycles. The highest BCUT2D eigenvalue weighted by molar-refractivity contribution is 6.06. The minimum absolute atomic E-state index is 0.0606. The summed E-state index contributed by atoms with van der Waals surface area (Å²) < 4.78 is 71.3. The van der Waals surface area contributed by atoms with Crippen molar-refractivity contribution in [2.45, 2.75) is 12.4 Å². The van der Waals surface area contributed by atoms with Gasteiger partial charge in [-0.05, 0) is 18.2 Å². The smallest absolute Gasteiger partial charge is 0.475 e. The Balaban J connectivity index is 0.000000396. The molecule has 5 nitrogen and oxygen atoms in total. The number of fused-ring (bicyclic) bond motifs is 1. The van der Waals surface area contributed by atoms with E-state index in [1.165, 1.54) is 24.3 Å². The lowest BCUT2D eigenvalue weighted by molar-refractivity contribution is -0.192. The molecule has 3 N–H and O–H groups in total. The van der Waals surface area contributed by atoms with Crippen molar-refractivity contribution in [2.75, 3.05) is 0 Å². The summed E-state index contributed by atoms with van der Waals surface area (Å²) in [6, 6.07) is 13.1. The van der Waals surface area contributed by atoms with E-state index in [1.807, 2.05) is 0 Å². The van der Waals surface area contributed by atoms with Crippen molar-refractivity contribution in [1.29, 1.82) is 0 Å². The van der Waals surface area contributed by atoms with Crippen molar-refractivity contribution < 1.29 is 41.0 Å². The van der Waals surface area contributed by atoms with Gasteiger partial charge in [-0.2, -0.15) is 26.3 Å². The number of primary amides is 1. The number of rotatable bonds is 2. The molecule has 0 bridgehead atoms. The number of pyridine rings is 1. The highest BCUT2D eigenvalue weighted by atomic mass is 19.4. The predicted octanol–water partition coefficient (Wildman–Crippen LogP) is 4.65. The van der Waals surface area contributed by atoms with Crippen LogP contribution in [0.15, 0.2) is 54.6 Å². The van der Waals surface area contributed by atoms with Crippen molar-refractivity contribution in [3.63, 3.8) is 0 Å². The summed E-state index contributed by atoms with van der Waals surface area (Å²) in [6.07, 6.45) is -9.60. The predicted molar refractivity (Wildman–Crippen MR) is 94.4 cm³/mol. The normalized spacial score (nSPS) is 11.5. The Morgan fingerprint density at radius 3 is 1.97 bits per heavy atom. The molecular weight excluding hydrogens is 418 g/mol. The molecule has 158 valence electrons. The van der Waals surface area contributed by atoms with E-state index in [-0.39, 0.29) is 16.8 Å². The van der Waals surface area contributed by atoms with Crippen molar-refractivity contribution >= 4 is 22.8 Å². The van der Waals surface area contributed by atoms with E-state index >= 15 is 0 Å². The summed E-state index contributed by atoms with van der Waals surface area (Å²) in [5.74, 6) is -3.47. The van der Waals surface area contributed by atoms with Crippen LogP contribution in [0.5, 0.6) is 0 Å². The van der Waals surface area contributed by atoms with Gasteiger partial charge in [-0.15, -0.1) is 0 Å². The number of alkyl halides is 6. The third-order valence-electron chi connectivity index (χ3n) is 3.73. The molecule has 0 fully saturated rings. The molecule has 2 aromatic carbocycles. The topological polar surface area (TPSA) is 93.3 Å². The largest absolute Gasteiger partial charge is 0.490 e. The Hall–Kier alpha value is -3.63. The lowest BCUT2D eigenvalue weighted by atomic mass is 10.00. The van der Waals surface area contributed by atoms with Crippen molar-refractivity contribution in [1.82, 2.24) is 4.98 Å². The van der Waals surface area contributed by atoms with Crippen LogP contribution in [0.2, 0.25) is 0 Å². The average molecular weight is 430 g/mol. The van der Waals surface area contributed by atoms with Gasteiger partial charge in [0.05, 0.1) is 22.3 Å². The first-order valence-corrected chi connectivity index (χ1v) is 7.98. The number of aromatic nitrogens is 1. The van der Waals surface area contributed by atoms with Gasteiger partial charge in [-0.1, -0.05) is 36.4 Å². The van der Waals surface area contributed by atoms with Crippen LogP contribution in [0, 0.1) is 0 Å². The van der Waals surface area contributed by atoms with Gasteiger partial charge in [0.25, 0.3) is 0 Å². The Bertz CT molecular complexity index is 1090. The van der Waals surface area contributed by atoms with Crippen LogP contribution in [0.3, 0.4) is 0 Å². The molecule has 0 aliphatic heterocycles. The molecule has 0 spiro atoms. The third-order valence-corrected chi connectivity index (χ3v) is 3.73. The Labute approximate surface area is 164 Å². The zero-order valence-electron chi connectivity index (χ0n) is 14.8. The number of carbonyl (C=O) groups excluding carboxylic acids is 1. The molecule has 0 aliphatic carbocycles. The van der Waals surface area contributed by atoms with Gasteiger partial charge in [0, 0.05) is 10.9 Å². The Kier molecular flexibility index (Phi) is 6.34. The molecule has 1 heterocycles. The van der Waals surface area contributed by atoms with Crippen molar-refractivity contribution in [3.8, 4) is 11.3 Å². The van der Waals surface area contributed by atoms with Gasteiger partial charge >= 0.3 is 18.3 Å². The van der Waals surface area contributed by atoms with E-state index in [0.29, 0.717) is 10.9 Å². The van der Waals surface area contributed by atoms with E-state index in [2.05, 4.69) is 4.98 Å². The summed E-state index contributed by atoms with van der Waals surface area (Å²) in [7, 11) is 0. The summed E-state index contributed by atoms with van der Waals surface area (Å²) in [5.41, 5.74) is 5.08. The van der Waals surface area contributed by atoms with E-state index in [1.54, 1.807) is 24.3 Å². The molecule has 3 rings (SSSR count).